The third kappa shape index (κ3) is 4.49. The van der Waals surface area contributed by atoms with Crippen LogP contribution in [-0.2, 0) is 19.0 Å². The summed E-state index contributed by atoms with van der Waals surface area (Å²) in [7, 11) is 0. The normalized spacial score (nSPS) is 24.1. The number of amides is 1. The molecule has 11 heteroatoms. The molecule has 0 saturated carbocycles. The second kappa shape index (κ2) is 9.63. The van der Waals surface area contributed by atoms with Crippen molar-refractivity contribution in [1.29, 1.82) is 0 Å². The molecule has 0 aliphatic carbocycles. The Morgan fingerprint density at radius 3 is 2.32 bits per heavy atom. The van der Waals surface area contributed by atoms with Gasteiger partial charge in [0.05, 0.1) is 6.33 Å². The zero-order chi connectivity index (χ0) is 26.4. The molecule has 0 bridgehead atoms. The molecule has 196 valence electrons. The summed E-state index contributed by atoms with van der Waals surface area (Å²) in [4.78, 5) is 25.5. The van der Waals surface area contributed by atoms with Crippen molar-refractivity contribution in [3.63, 3.8) is 0 Å². The van der Waals surface area contributed by atoms with Gasteiger partial charge in [0.25, 0.3) is 0 Å². The van der Waals surface area contributed by atoms with Crippen LogP contribution in [0.15, 0.2) is 67.0 Å². The predicted molar refractivity (Wildman–Crippen MR) is 140 cm³/mol. The van der Waals surface area contributed by atoms with E-state index in [1.165, 1.54) is 0 Å². The molecule has 2 aromatic carbocycles. The first-order valence-corrected chi connectivity index (χ1v) is 12.7. The number of ether oxygens (including phenoxy) is 3. The number of halogens is 1. The number of anilines is 1. The number of fused-ring (bicyclic) bond motifs is 2. The van der Waals surface area contributed by atoms with Crippen LogP contribution in [0.3, 0.4) is 0 Å². The van der Waals surface area contributed by atoms with Crippen molar-refractivity contribution in [2.75, 3.05) is 11.9 Å². The number of rotatable bonds is 7. The zero-order valence-corrected chi connectivity index (χ0v) is 21.6. The lowest BCUT2D eigenvalue weighted by Gasteiger charge is -2.24. The number of carbonyl (C=O) groups excluding carboxylic acids is 1. The summed E-state index contributed by atoms with van der Waals surface area (Å²) in [5.41, 5.74) is 8.87. The van der Waals surface area contributed by atoms with Crippen LogP contribution in [0.5, 0.6) is 0 Å². The molecule has 4 atom stereocenters. The first-order chi connectivity index (χ1) is 18.3. The maximum absolute atomic E-state index is 12.1. The van der Waals surface area contributed by atoms with Crippen LogP contribution in [0.4, 0.5) is 5.82 Å². The summed E-state index contributed by atoms with van der Waals surface area (Å²) in [5, 5.41) is 3.48. The second-order valence-corrected chi connectivity index (χ2v) is 10.2. The summed E-state index contributed by atoms with van der Waals surface area (Å²) in [6, 6.07) is 20.5. The molecule has 3 N–H and O–H groups in total. The molecular weight excluding hydrogens is 508 g/mol. The molecule has 4 heterocycles. The van der Waals surface area contributed by atoms with Gasteiger partial charge in [-0.05, 0) is 36.6 Å². The van der Waals surface area contributed by atoms with Crippen molar-refractivity contribution < 1.29 is 19.0 Å². The molecule has 6 rings (SSSR count). The van der Waals surface area contributed by atoms with E-state index in [-0.39, 0.29) is 11.2 Å². The smallest absolute Gasteiger partial charge is 0.249 e. The number of nitrogens with two attached hydrogens (primary N) is 1. The molecule has 1 amide bonds. The number of hydrogen-bond donors (Lipinski definition) is 2. The van der Waals surface area contributed by atoms with Crippen molar-refractivity contribution in [2.45, 2.75) is 50.1 Å². The minimum absolute atomic E-state index is 0.0441. The van der Waals surface area contributed by atoms with E-state index in [2.05, 4.69) is 44.5 Å². The van der Waals surface area contributed by atoms with Gasteiger partial charge in [0.2, 0.25) is 11.2 Å². The largest absolute Gasteiger partial charge is 0.367 e. The first-order valence-electron chi connectivity index (χ1n) is 12.3. The van der Waals surface area contributed by atoms with Crippen LogP contribution in [-0.4, -0.2) is 56.1 Å². The van der Waals surface area contributed by atoms with Gasteiger partial charge in [0.1, 0.15) is 12.2 Å². The van der Waals surface area contributed by atoms with E-state index in [1.54, 1.807) is 24.7 Å². The second-order valence-electron chi connectivity index (χ2n) is 9.83. The molecule has 10 nitrogen and oxygen atoms in total. The SMILES string of the molecule is CC1(C)O[C@@H]2[C@H](O1)[C@@H](C(N)=O)O[C@H]2n1cnc2c(NCC(c3ccccc3)c3ccccc3)nc(Cl)nc21. The molecule has 2 aromatic heterocycles. The number of hydrogen-bond acceptors (Lipinski definition) is 8. The lowest BCUT2D eigenvalue weighted by molar-refractivity contribution is -0.196. The number of carbonyl (C=O) groups is 1. The Kier molecular flexibility index (Phi) is 6.27. The van der Waals surface area contributed by atoms with E-state index in [9.17, 15) is 4.79 Å². The van der Waals surface area contributed by atoms with Gasteiger partial charge in [0.15, 0.2) is 35.1 Å². The van der Waals surface area contributed by atoms with Gasteiger partial charge < -0.3 is 25.3 Å². The van der Waals surface area contributed by atoms with E-state index in [1.807, 2.05) is 36.4 Å². The quantitative estimate of drug-likeness (QED) is 0.344. The molecule has 2 fully saturated rings. The molecule has 2 saturated heterocycles. The summed E-state index contributed by atoms with van der Waals surface area (Å²) in [6.45, 7) is 4.11. The number of nitrogens with zero attached hydrogens (tertiary/aromatic N) is 4. The summed E-state index contributed by atoms with van der Waals surface area (Å²) >= 11 is 6.37. The topological polar surface area (TPSA) is 126 Å². The minimum Gasteiger partial charge on any atom is -0.367 e. The van der Waals surface area contributed by atoms with Crippen LogP contribution in [0.2, 0.25) is 5.28 Å². The van der Waals surface area contributed by atoms with Gasteiger partial charge in [0, 0.05) is 12.5 Å². The molecule has 4 aromatic rings. The van der Waals surface area contributed by atoms with Crippen molar-refractivity contribution in [3.8, 4) is 0 Å². The molecule has 0 radical (unpaired) electrons. The lowest BCUT2D eigenvalue weighted by Crippen LogP contribution is -2.39. The number of aromatic nitrogens is 4. The molecule has 0 spiro atoms. The lowest BCUT2D eigenvalue weighted by atomic mass is 9.91. The molecular formula is C27H27ClN6O4. The highest BCUT2D eigenvalue weighted by atomic mass is 35.5. The Labute approximate surface area is 224 Å². The van der Waals surface area contributed by atoms with Crippen LogP contribution in [0.1, 0.15) is 37.1 Å². The third-order valence-corrected chi connectivity index (χ3v) is 7.02. The number of primary amides is 1. The van der Waals surface area contributed by atoms with Gasteiger partial charge in [-0.15, -0.1) is 0 Å². The third-order valence-electron chi connectivity index (χ3n) is 6.86. The standard InChI is InChI=1S/C27H27ClN6O4/c1-27(2)37-19-20(22(29)35)36-25(21(19)38-27)34-14-31-18-23(32-26(28)33-24(18)34)30-13-17(15-9-5-3-6-10-15)16-11-7-4-8-12-16/h3-12,14,17,19-21,25H,13H2,1-2H3,(H2,29,35)(H,30,32,33)/t19-,20+,21-,25-/m1/s1. The van der Waals surface area contributed by atoms with Crippen LogP contribution >= 0.6 is 11.6 Å². The van der Waals surface area contributed by atoms with Gasteiger partial charge in [-0.1, -0.05) is 60.7 Å². The fourth-order valence-electron chi connectivity index (χ4n) is 5.23. The first kappa shape index (κ1) is 24.7. The average molecular weight is 535 g/mol. The Hall–Kier alpha value is -3.57. The maximum atomic E-state index is 12.1. The van der Waals surface area contributed by atoms with Gasteiger partial charge in [-0.2, -0.15) is 9.97 Å². The molecule has 2 aliphatic heterocycles. The van der Waals surface area contributed by atoms with Gasteiger partial charge in [-0.3, -0.25) is 9.36 Å². The van der Waals surface area contributed by atoms with Crippen molar-refractivity contribution >= 4 is 34.5 Å². The van der Waals surface area contributed by atoms with E-state index >= 15 is 0 Å². The predicted octanol–water partition coefficient (Wildman–Crippen LogP) is 3.63. The molecule has 0 unspecified atom stereocenters. The maximum Gasteiger partial charge on any atom is 0.249 e. The van der Waals surface area contributed by atoms with Gasteiger partial charge in [-0.25, -0.2) is 4.98 Å². The number of benzene rings is 2. The van der Waals surface area contributed by atoms with E-state index in [0.29, 0.717) is 23.5 Å². The fraction of sp³-hybridized carbons (Fsp3) is 0.333. The van der Waals surface area contributed by atoms with Gasteiger partial charge >= 0.3 is 0 Å². The van der Waals surface area contributed by atoms with E-state index in [4.69, 9.17) is 31.5 Å². The van der Waals surface area contributed by atoms with E-state index in [0.717, 1.165) is 11.1 Å². The fourth-order valence-corrected chi connectivity index (χ4v) is 5.39. The van der Waals surface area contributed by atoms with E-state index < -0.39 is 36.2 Å². The highest BCUT2D eigenvalue weighted by Crippen LogP contribution is 2.44. The van der Waals surface area contributed by atoms with Crippen molar-refractivity contribution in [2.24, 2.45) is 5.73 Å². The number of nitrogens with one attached hydrogen (secondary N) is 1. The Morgan fingerprint density at radius 2 is 1.68 bits per heavy atom. The van der Waals surface area contributed by atoms with Crippen molar-refractivity contribution in [1.82, 2.24) is 19.5 Å². The molecule has 38 heavy (non-hydrogen) atoms. The monoisotopic (exact) mass is 534 g/mol. The van der Waals surface area contributed by atoms with Crippen LogP contribution in [0, 0.1) is 0 Å². The average Bonchev–Trinajstić information content (AvgIpc) is 3.55. The highest BCUT2D eigenvalue weighted by molar-refractivity contribution is 6.28. The number of imidazole rings is 1. The van der Waals surface area contributed by atoms with Crippen LogP contribution in [0.25, 0.3) is 11.2 Å². The summed E-state index contributed by atoms with van der Waals surface area (Å²) in [6.07, 6.45) is -1.39. The Morgan fingerprint density at radius 1 is 1.05 bits per heavy atom. The Bertz CT molecular complexity index is 1430. The van der Waals surface area contributed by atoms with Crippen molar-refractivity contribution in [3.05, 3.63) is 83.4 Å². The molecule has 2 aliphatic rings. The summed E-state index contributed by atoms with van der Waals surface area (Å²) < 4.78 is 19.7. The minimum atomic E-state index is -0.975. The zero-order valence-electron chi connectivity index (χ0n) is 20.8. The summed E-state index contributed by atoms with van der Waals surface area (Å²) in [5.74, 6) is -0.980. The Balaban J connectivity index is 1.33. The highest BCUT2D eigenvalue weighted by Gasteiger charge is 2.58. The van der Waals surface area contributed by atoms with Crippen LogP contribution < -0.4 is 11.1 Å².